The Balaban J connectivity index is 1.96. The highest BCUT2D eigenvalue weighted by Gasteiger charge is 2.08. The van der Waals surface area contributed by atoms with E-state index in [9.17, 15) is 4.79 Å². The number of para-hydroxylation sites is 1. The first-order valence-electron chi connectivity index (χ1n) is 5.06. The monoisotopic (exact) mass is 232 g/mol. The molecule has 1 amide bonds. The van der Waals surface area contributed by atoms with Crippen molar-refractivity contribution in [2.45, 2.75) is 6.61 Å². The van der Waals surface area contributed by atoms with E-state index in [1.165, 1.54) is 6.26 Å². The summed E-state index contributed by atoms with van der Waals surface area (Å²) in [6, 6.07) is 10.9. The molecule has 5 nitrogen and oxygen atoms in total. The topological polar surface area (TPSA) is 77.5 Å². The zero-order chi connectivity index (χ0) is 12.1. The minimum absolute atomic E-state index is 0.266. The Hall–Kier alpha value is -2.27. The molecule has 0 bridgehead atoms. The number of benzene rings is 1. The molecule has 0 saturated heterocycles. The average Bonchev–Trinajstić information content (AvgIpc) is 2.85. The average molecular weight is 232 g/mol. The summed E-state index contributed by atoms with van der Waals surface area (Å²) in [6.07, 6.45) is 1.34. The van der Waals surface area contributed by atoms with Gasteiger partial charge < -0.3 is 9.15 Å². The van der Waals surface area contributed by atoms with E-state index in [0.29, 0.717) is 11.3 Å². The number of hydrogen-bond acceptors (Lipinski definition) is 4. The first kappa shape index (κ1) is 11.2. The number of ether oxygens (including phenoxy) is 1. The highest BCUT2D eigenvalue weighted by Crippen LogP contribution is 2.13. The summed E-state index contributed by atoms with van der Waals surface area (Å²) in [5.41, 5.74) is 2.40. The number of carbonyl (C=O) groups is 1. The van der Waals surface area contributed by atoms with Gasteiger partial charge in [-0.2, -0.15) is 0 Å². The number of nitrogens with one attached hydrogen (secondary N) is 1. The van der Waals surface area contributed by atoms with E-state index >= 15 is 0 Å². The zero-order valence-electron chi connectivity index (χ0n) is 9.05. The molecule has 0 aliphatic heterocycles. The van der Waals surface area contributed by atoms with Gasteiger partial charge in [-0.05, 0) is 18.2 Å². The van der Waals surface area contributed by atoms with E-state index in [4.69, 9.17) is 15.0 Å². The molecule has 0 unspecified atom stereocenters. The summed E-state index contributed by atoms with van der Waals surface area (Å²) in [7, 11) is 0. The fourth-order valence-corrected chi connectivity index (χ4v) is 1.33. The number of hydrazine groups is 1. The van der Waals surface area contributed by atoms with Crippen LogP contribution >= 0.6 is 0 Å². The predicted octanol–water partition coefficient (Wildman–Crippen LogP) is 1.46. The Morgan fingerprint density at radius 3 is 2.82 bits per heavy atom. The summed E-state index contributed by atoms with van der Waals surface area (Å²) >= 11 is 0. The third-order valence-electron chi connectivity index (χ3n) is 2.17. The van der Waals surface area contributed by atoms with Gasteiger partial charge in [0, 0.05) is 0 Å². The van der Waals surface area contributed by atoms with Gasteiger partial charge in [0.15, 0.2) is 0 Å². The van der Waals surface area contributed by atoms with Crippen molar-refractivity contribution in [3.05, 3.63) is 54.0 Å². The highest BCUT2D eigenvalue weighted by molar-refractivity contribution is 5.93. The minimum atomic E-state index is -0.389. The first-order chi connectivity index (χ1) is 8.29. The maximum absolute atomic E-state index is 11.2. The number of nitrogens with two attached hydrogens (primary N) is 1. The minimum Gasteiger partial charge on any atom is -0.486 e. The van der Waals surface area contributed by atoms with Gasteiger partial charge in [-0.1, -0.05) is 18.2 Å². The van der Waals surface area contributed by atoms with Gasteiger partial charge in [-0.25, -0.2) is 5.84 Å². The summed E-state index contributed by atoms with van der Waals surface area (Å²) in [4.78, 5) is 11.2. The highest BCUT2D eigenvalue weighted by atomic mass is 16.5. The third-order valence-corrected chi connectivity index (χ3v) is 2.17. The van der Waals surface area contributed by atoms with E-state index in [0.717, 1.165) is 5.75 Å². The molecule has 0 fully saturated rings. The Labute approximate surface area is 98.1 Å². The SMILES string of the molecule is NNC(=O)c1coc(COc2ccccc2)c1. The van der Waals surface area contributed by atoms with Gasteiger partial charge >= 0.3 is 0 Å². The standard InChI is InChI=1S/C12H12N2O3/c13-14-12(15)9-6-11(16-7-9)8-17-10-4-2-1-3-5-10/h1-7H,8,13H2,(H,14,15). The fourth-order valence-electron chi connectivity index (χ4n) is 1.33. The Kier molecular flexibility index (Phi) is 3.42. The van der Waals surface area contributed by atoms with Crippen LogP contribution in [0.15, 0.2) is 47.1 Å². The number of furan rings is 1. The van der Waals surface area contributed by atoms with Crippen LogP contribution in [0, 0.1) is 0 Å². The van der Waals surface area contributed by atoms with E-state index in [-0.39, 0.29) is 12.5 Å². The Morgan fingerprint density at radius 2 is 2.12 bits per heavy atom. The zero-order valence-corrected chi connectivity index (χ0v) is 9.05. The summed E-state index contributed by atoms with van der Waals surface area (Å²) in [5.74, 6) is 5.92. The fraction of sp³-hybridized carbons (Fsp3) is 0.0833. The number of nitrogen functional groups attached to an aromatic ring is 1. The van der Waals surface area contributed by atoms with Crippen molar-refractivity contribution in [1.82, 2.24) is 5.43 Å². The van der Waals surface area contributed by atoms with Gasteiger partial charge in [-0.3, -0.25) is 10.2 Å². The van der Waals surface area contributed by atoms with Gasteiger partial charge in [0.25, 0.3) is 5.91 Å². The molecule has 0 aliphatic carbocycles. The quantitative estimate of drug-likeness (QED) is 0.475. The van der Waals surface area contributed by atoms with Crippen LogP contribution in [0.5, 0.6) is 5.75 Å². The van der Waals surface area contributed by atoms with Gasteiger partial charge in [0.05, 0.1) is 5.56 Å². The maximum atomic E-state index is 11.2. The van der Waals surface area contributed by atoms with E-state index < -0.39 is 0 Å². The summed E-state index contributed by atoms with van der Waals surface area (Å²) in [5, 5.41) is 0. The molecule has 88 valence electrons. The van der Waals surface area contributed by atoms with Gasteiger partial charge in [-0.15, -0.1) is 0 Å². The molecule has 5 heteroatoms. The van der Waals surface area contributed by atoms with E-state index in [2.05, 4.69) is 0 Å². The maximum Gasteiger partial charge on any atom is 0.268 e. The number of amides is 1. The molecule has 1 aromatic heterocycles. The smallest absolute Gasteiger partial charge is 0.268 e. The van der Waals surface area contributed by atoms with E-state index in [1.54, 1.807) is 6.07 Å². The molecule has 17 heavy (non-hydrogen) atoms. The second-order valence-electron chi connectivity index (χ2n) is 3.38. The number of carbonyl (C=O) groups excluding carboxylic acids is 1. The largest absolute Gasteiger partial charge is 0.486 e. The van der Waals surface area contributed by atoms with Crippen LogP contribution in [-0.4, -0.2) is 5.91 Å². The van der Waals surface area contributed by atoms with Crippen LogP contribution in [0.1, 0.15) is 16.1 Å². The molecular formula is C12H12N2O3. The molecule has 1 heterocycles. The lowest BCUT2D eigenvalue weighted by molar-refractivity contribution is 0.0953. The number of hydrogen-bond donors (Lipinski definition) is 2. The van der Waals surface area contributed by atoms with Crippen molar-refractivity contribution in [3.63, 3.8) is 0 Å². The van der Waals surface area contributed by atoms with Crippen molar-refractivity contribution in [2.24, 2.45) is 5.84 Å². The first-order valence-corrected chi connectivity index (χ1v) is 5.06. The van der Waals surface area contributed by atoms with Crippen molar-refractivity contribution < 1.29 is 13.9 Å². The molecular weight excluding hydrogens is 220 g/mol. The van der Waals surface area contributed by atoms with Crippen molar-refractivity contribution in [3.8, 4) is 5.75 Å². The predicted molar refractivity (Wildman–Crippen MR) is 61.1 cm³/mol. The molecule has 2 aromatic rings. The summed E-state index contributed by atoms with van der Waals surface area (Å²) in [6.45, 7) is 0.266. The Morgan fingerprint density at radius 1 is 1.35 bits per heavy atom. The van der Waals surface area contributed by atoms with Crippen LogP contribution in [0.25, 0.3) is 0 Å². The van der Waals surface area contributed by atoms with Crippen molar-refractivity contribution in [2.75, 3.05) is 0 Å². The molecule has 0 spiro atoms. The normalized spacial score (nSPS) is 9.94. The van der Waals surface area contributed by atoms with E-state index in [1.807, 2.05) is 35.8 Å². The Bertz CT molecular complexity index is 493. The lowest BCUT2D eigenvalue weighted by atomic mass is 10.3. The number of rotatable bonds is 4. The molecule has 2 rings (SSSR count). The lowest BCUT2D eigenvalue weighted by Crippen LogP contribution is -2.29. The molecule has 0 atom stereocenters. The van der Waals surface area contributed by atoms with Crippen LogP contribution in [0.3, 0.4) is 0 Å². The van der Waals surface area contributed by atoms with Crippen molar-refractivity contribution in [1.29, 1.82) is 0 Å². The van der Waals surface area contributed by atoms with Crippen LogP contribution in [0.4, 0.5) is 0 Å². The van der Waals surface area contributed by atoms with Crippen molar-refractivity contribution >= 4 is 5.91 Å². The van der Waals surface area contributed by atoms with Crippen LogP contribution < -0.4 is 16.0 Å². The molecule has 1 aromatic carbocycles. The molecule has 0 aliphatic rings. The van der Waals surface area contributed by atoms with Gasteiger partial charge in [0.2, 0.25) is 0 Å². The van der Waals surface area contributed by atoms with Gasteiger partial charge in [0.1, 0.15) is 24.4 Å². The second kappa shape index (κ2) is 5.18. The molecule has 0 radical (unpaired) electrons. The lowest BCUT2D eigenvalue weighted by Gasteiger charge is -2.02. The molecule has 3 N–H and O–H groups in total. The van der Waals surface area contributed by atoms with Crippen LogP contribution in [0.2, 0.25) is 0 Å². The second-order valence-corrected chi connectivity index (χ2v) is 3.38. The third kappa shape index (κ3) is 2.85. The summed E-state index contributed by atoms with van der Waals surface area (Å²) < 4.78 is 10.6. The molecule has 0 saturated carbocycles. The van der Waals surface area contributed by atoms with Crippen LogP contribution in [-0.2, 0) is 6.61 Å².